The SMILES string of the molecule is CN1CCN(c2ccc3c(=O)c(C(=O)O)csc3c2)CC1. The van der Waals surface area contributed by atoms with E-state index in [2.05, 4.69) is 16.8 Å². The molecule has 2 heterocycles. The zero-order valence-electron chi connectivity index (χ0n) is 11.7. The van der Waals surface area contributed by atoms with E-state index >= 15 is 0 Å². The van der Waals surface area contributed by atoms with Crippen molar-refractivity contribution in [3.05, 3.63) is 39.4 Å². The Kier molecular flexibility index (Phi) is 3.65. The van der Waals surface area contributed by atoms with Crippen LogP contribution in [0.4, 0.5) is 5.69 Å². The number of carboxylic acids is 1. The molecule has 0 atom stereocenters. The summed E-state index contributed by atoms with van der Waals surface area (Å²) in [7, 11) is 2.11. The summed E-state index contributed by atoms with van der Waals surface area (Å²) in [6.07, 6.45) is 0. The topological polar surface area (TPSA) is 60.9 Å². The van der Waals surface area contributed by atoms with E-state index in [1.165, 1.54) is 16.7 Å². The molecule has 3 rings (SSSR count). The van der Waals surface area contributed by atoms with Gasteiger partial charge < -0.3 is 14.9 Å². The fraction of sp³-hybridized carbons (Fsp3) is 0.333. The number of anilines is 1. The average molecular weight is 304 g/mol. The molecule has 0 aliphatic carbocycles. The molecular weight excluding hydrogens is 288 g/mol. The highest BCUT2D eigenvalue weighted by Gasteiger charge is 2.16. The Bertz CT molecular complexity index is 748. The van der Waals surface area contributed by atoms with Crippen LogP contribution in [0, 0.1) is 0 Å². The number of likely N-dealkylation sites (N-methyl/N-ethyl adjacent to an activating group) is 1. The third-order valence-corrected chi connectivity index (χ3v) is 4.80. The number of hydrogen-bond acceptors (Lipinski definition) is 5. The lowest BCUT2D eigenvalue weighted by Crippen LogP contribution is -2.44. The molecule has 0 radical (unpaired) electrons. The van der Waals surface area contributed by atoms with Crippen molar-refractivity contribution in [2.75, 3.05) is 38.1 Å². The van der Waals surface area contributed by atoms with Crippen molar-refractivity contribution in [1.29, 1.82) is 0 Å². The van der Waals surface area contributed by atoms with E-state index < -0.39 is 11.4 Å². The summed E-state index contributed by atoms with van der Waals surface area (Å²) in [5.74, 6) is -1.17. The molecule has 0 amide bonds. The number of rotatable bonds is 2. The van der Waals surface area contributed by atoms with Crippen molar-refractivity contribution < 1.29 is 9.90 Å². The zero-order chi connectivity index (χ0) is 15.0. The third-order valence-electron chi connectivity index (χ3n) is 3.86. The molecule has 21 heavy (non-hydrogen) atoms. The highest BCUT2D eigenvalue weighted by molar-refractivity contribution is 7.16. The van der Waals surface area contributed by atoms with Crippen LogP contribution in [0.5, 0.6) is 0 Å². The Morgan fingerprint density at radius 1 is 1.24 bits per heavy atom. The molecule has 1 aromatic heterocycles. The second kappa shape index (κ2) is 5.46. The first-order valence-corrected chi connectivity index (χ1v) is 7.66. The van der Waals surface area contributed by atoms with E-state index in [1.807, 2.05) is 12.1 Å². The molecule has 1 saturated heterocycles. The van der Waals surface area contributed by atoms with Crippen molar-refractivity contribution in [2.45, 2.75) is 0 Å². The molecule has 0 unspecified atom stereocenters. The summed E-state index contributed by atoms with van der Waals surface area (Å²) in [5, 5.41) is 10.9. The lowest BCUT2D eigenvalue weighted by molar-refractivity contribution is 0.0696. The molecule has 0 spiro atoms. The summed E-state index contributed by atoms with van der Waals surface area (Å²) >= 11 is 1.31. The van der Waals surface area contributed by atoms with E-state index in [-0.39, 0.29) is 5.56 Å². The average Bonchev–Trinajstić information content (AvgIpc) is 2.47. The predicted molar refractivity (Wildman–Crippen MR) is 84.8 cm³/mol. The van der Waals surface area contributed by atoms with Crippen LogP contribution in [0.2, 0.25) is 0 Å². The number of hydrogen-bond donors (Lipinski definition) is 1. The normalized spacial score (nSPS) is 16.3. The summed E-state index contributed by atoms with van der Waals surface area (Å²) in [5.41, 5.74) is 0.537. The van der Waals surface area contributed by atoms with Crippen molar-refractivity contribution in [2.24, 2.45) is 0 Å². The minimum Gasteiger partial charge on any atom is -0.478 e. The maximum Gasteiger partial charge on any atom is 0.340 e. The Morgan fingerprint density at radius 2 is 1.95 bits per heavy atom. The van der Waals surface area contributed by atoms with Crippen LogP contribution in [-0.2, 0) is 0 Å². The highest BCUT2D eigenvalue weighted by Crippen LogP contribution is 2.24. The van der Waals surface area contributed by atoms with Gasteiger partial charge in [-0.05, 0) is 25.2 Å². The van der Waals surface area contributed by atoms with Gasteiger partial charge in [0.15, 0.2) is 0 Å². The van der Waals surface area contributed by atoms with Crippen LogP contribution in [-0.4, -0.2) is 49.2 Å². The van der Waals surface area contributed by atoms with Gasteiger partial charge in [0.2, 0.25) is 5.43 Å². The van der Waals surface area contributed by atoms with Crippen LogP contribution in [0.15, 0.2) is 28.4 Å². The number of fused-ring (bicyclic) bond motifs is 1. The van der Waals surface area contributed by atoms with Crippen LogP contribution in [0.25, 0.3) is 10.1 Å². The van der Waals surface area contributed by atoms with E-state index in [0.29, 0.717) is 5.39 Å². The standard InChI is InChI=1S/C15H16N2O3S/c1-16-4-6-17(7-5-16)10-2-3-11-13(8-10)21-9-12(14(11)18)15(19)20/h2-3,8-9H,4-7H2,1H3,(H,19,20). The van der Waals surface area contributed by atoms with Crippen LogP contribution in [0.3, 0.4) is 0 Å². The van der Waals surface area contributed by atoms with Gasteiger partial charge in [0.25, 0.3) is 0 Å². The first-order chi connectivity index (χ1) is 10.1. The molecule has 1 aliphatic heterocycles. The van der Waals surface area contributed by atoms with E-state index in [4.69, 9.17) is 5.11 Å². The maximum absolute atomic E-state index is 12.1. The summed E-state index contributed by atoms with van der Waals surface area (Å²) in [6, 6.07) is 5.64. The number of benzene rings is 1. The van der Waals surface area contributed by atoms with Gasteiger partial charge in [-0.2, -0.15) is 0 Å². The van der Waals surface area contributed by atoms with Crippen molar-refractivity contribution in [3.8, 4) is 0 Å². The first-order valence-electron chi connectivity index (χ1n) is 6.78. The van der Waals surface area contributed by atoms with Crippen molar-refractivity contribution in [1.82, 2.24) is 4.90 Å². The second-order valence-corrected chi connectivity index (χ2v) is 6.17. The van der Waals surface area contributed by atoms with Crippen molar-refractivity contribution >= 4 is 33.1 Å². The van der Waals surface area contributed by atoms with Crippen molar-refractivity contribution in [3.63, 3.8) is 0 Å². The van der Waals surface area contributed by atoms with Crippen LogP contribution in [0.1, 0.15) is 10.4 Å². The molecule has 2 aromatic rings. The number of aromatic carboxylic acids is 1. The van der Waals surface area contributed by atoms with Crippen LogP contribution < -0.4 is 10.3 Å². The van der Waals surface area contributed by atoms with Gasteiger partial charge in [-0.3, -0.25) is 4.79 Å². The molecule has 110 valence electrons. The van der Waals surface area contributed by atoms with Gasteiger partial charge in [-0.25, -0.2) is 4.79 Å². The fourth-order valence-electron chi connectivity index (χ4n) is 2.53. The summed E-state index contributed by atoms with van der Waals surface area (Å²) in [6.45, 7) is 3.96. The summed E-state index contributed by atoms with van der Waals surface area (Å²) in [4.78, 5) is 27.7. The Labute approximate surface area is 126 Å². The van der Waals surface area contributed by atoms with Gasteiger partial charge >= 0.3 is 5.97 Å². The van der Waals surface area contributed by atoms with E-state index in [1.54, 1.807) is 6.07 Å². The molecule has 1 fully saturated rings. The molecule has 1 N–H and O–H groups in total. The molecule has 1 aromatic carbocycles. The molecule has 5 nitrogen and oxygen atoms in total. The molecule has 1 aliphatic rings. The van der Waals surface area contributed by atoms with E-state index in [9.17, 15) is 9.59 Å². The second-order valence-electron chi connectivity index (χ2n) is 5.25. The van der Waals surface area contributed by atoms with Gasteiger partial charge in [-0.1, -0.05) is 0 Å². The Morgan fingerprint density at radius 3 is 2.62 bits per heavy atom. The number of nitrogens with zero attached hydrogens (tertiary/aromatic N) is 2. The van der Waals surface area contributed by atoms with Gasteiger partial charge in [0, 0.05) is 47.3 Å². The third kappa shape index (κ3) is 2.64. The van der Waals surface area contributed by atoms with Gasteiger partial charge in [0.05, 0.1) is 0 Å². The number of piperazine rings is 1. The predicted octanol–water partition coefficient (Wildman–Crippen LogP) is 1.71. The summed E-state index contributed by atoms with van der Waals surface area (Å²) < 4.78 is 0.835. The minimum atomic E-state index is -1.17. The fourth-order valence-corrected chi connectivity index (χ4v) is 3.46. The Hall–Kier alpha value is -1.92. The lowest BCUT2D eigenvalue weighted by Gasteiger charge is -2.34. The largest absolute Gasteiger partial charge is 0.478 e. The quantitative estimate of drug-likeness (QED) is 0.915. The first kappa shape index (κ1) is 14.0. The smallest absolute Gasteiger partial charge is 0.340 e. The minimum absolute atomic E-state index is 0.153. The van der Waals surface area contributed by atoms with Crippen LogP contribution >= 0.6 is 11.3 Å². The van der Waals surface area contributed by atoms with E-state index in [0.717, 1.165) is 36.6 Å². The Balaban J connectivity index is 2.00. The highest BCUT2D eigenvalue weighted by atomic mass is 32.1. The lowest BCUT2D eigenvalue weighted by atomic mass is 10.1. The number of carbonyl (C=O) groups is 1. The zero-order valence-corrected chi connectivity index (χ0v) is 12.5. The van der Waals surface area contributed by atoms with Gasteiger partial charge in [0.1, 0.15) is 5.56 Å². The van der Waals surface area contributed by atoms with Gasteiger partial charge in [-0.15, -0.1) is 11.3 Å². The number of carboxylic acid groups (broad SMARTS) is 1. The molecule has 0 bridgehead atoms. The molecular formula is C15H16N2O3S. The molecule has 6 heteroatoms. The molecule has 0 saturated carbocycles. The monoisotopic (exact) mass is 304 g/mol. The maximum atomic E-state index is 12.1.